The average Bonchev–Trinajstić information content (AvgIpc) is 2.66. The lowest BCUT2D eigenvalue weighted by molar-refractivity contribution is 0.103. The summed E-state index contributed by atoms with van der Waals surface area (Å²) in [5.41, 5.74) is 0. The molecule has 0 N–H and O–H groups in total. The maximum absolute atomic E-state index is 9.34. The number of nitrogens with zero attached hydrogens (tertiary/aromatic N) is 2. The third kappa shape index (κ3) is 3.22. The number of likely N-dealkylation sites (tertiary alicyclic amines) is 1. The molecule has 96 valence electrons. The molecule has 1 aliphatic heterocycles. The number of hydrogen-bond donors (Lipinski definition) is 0. The number of nitriles is 1. The summed E-state index contributed by atoms with van der Waals surface area (Å²) in [5.74, 6) is 1.17. The van der Waals surface area contributed by atoms with E-state index in [2.05, 4.69) is 17.9 Å². The molecule has 2 fully saturated rings. The highest BCUT2D eigenvalue weighted by Gasteiger charge is 2.33. The van der Waals surface area contributed by atoms with Gasteiger partial charge in [-0.05, 0) is 51.1 Å². The predicted molar refractivity (Wildman–Crippen MR) is 70.6 cm³/mol. The summed E-state index contributed by atoms with van der Waals surface area (Å²) >= 11 is 0. The molecule has 0 aromatic rings. The molecule has 0 amide bonds. The molecule has 0 radical (unpaired) electrons. The van der Waals surface area contributed by atoms with Crippen LogP contribution in [0.3, 0.4) is 0 Å². The molecule has 0 aromatic carbocycles. The minimum atomic E-state index is 0.302. The molecule has 2 aliphatic rings. The SMILES string of the molecule is CCC1CCC(C#N)C(N2CCCCCC2)C1. The molecule has 2 rings (SSSR count). The van der Waals surface area contributed by atoms with E-state index in [1.165, 1.54) is 58.0 Å². The van der Waals surface area contributed by atoms with Gasteiger partial charge in [0.2, 0.25) is 0 Å². The van der Waals surface area contributed by atoms with Crippen LogP contribution in [0.25, 0.3) is 0 Å². The van der Waals surface area contributed by atoms with Crippen molar-refractivity contribution in [3.63, 3.8) is 0 Å². The van der Waals surface area contributed by atoms with Crippen LogP contribution < -0.4 is 0 Å². The zero-order valence-corrected chi connectivity index (χ0v) is 11.2. The van der Waals surface area contributed by atoms with Gasteiger partial charge in [0.25, 0.3) is 0 Å². The van der Waals surface area contributed by atoms with Gasteiger partial charge in [0.1, 0.15) is 0 Å². The molecule has 1 heterocycles. The second kappa shape index (κ2) is 6.40. The largest absolute Gasteiger partial charge is 0.299 e. The van der Waals surface area contributed by atoms with Crippen LogP contribution in [0.5, 0.6) is 0 Å². The highest BCUT2D eigenvalue weighted by molar-refractivity contribution is 4.97. The van der Waals surface area contributed by atoms with E-state index in [0.717, 1.165) is 12.3 Å². The quantitative estimate of drug-likeness (QED) is 0.730. The van der Waals surface area contributed by atoms with Gasteiger partial charge in [0, 0.05) is 6.04 Å². The van der Waals surface area contributed by atoms with Crippen LogP contribution >= 0.6 is 0 Å². The van der Waals surface area contributed by atoms with Crippen LogP contribution in [0.1, 0.15) is 58.3 Å². The molecular formula is C15H26N2. The van der Waals surface area contributed by atoms with E-state index in [9.17, 15) is 5.26 Å². The first kappa shape index (κ1) is 12.9. The smallest absolute Gasteiger partial charge is 0.0672 e. The topological polar surface area (TPSA) is 27.0 Å². The summed E-state index contributed by atoms with van der Waals surface area (Å²) in [7, 11) is 0. The third-order valence-corrected chi connectivity index (χ3v) is 4.78. The fourth-order valence-corrected chi connectivity index (χ4v) is 3.58. The van der Waals surface area contributed by atoms with Crippen molar-refractivity contribution in [2.24, 2.45) is 11.8 Å². The van der Waals surface area contributed by atoms with Crippen molar-refractivity contribution in [2.45, 2.75) is 64.3 Å². The minimum Gasteiger partial charge on any atom is -0.299 e. The second-order valence-corrected chi connectivity index (χ2v) is 5.84. The van der Waals surface area contributed by atoms with Gasteiger partial charge in [0.15, 0.2) is 0 Å². The Kier molecular flexibility index (Phi) is 4.86. The molecule has 1 saturated carbocycles. The van der Waals surface area contributed by atoms with Crippen LogP contribution in [0.2, 0.25) is 0 Å². The fourth-order valence-electron chi connectivity index (χ4n) is 3.58. The Hall–Kier alpha value is -0.550. The molecule has 1 saturated heterocycles. The van der Waals surface area contributed by atoms with Crippen molar-refractivity contribution < 1.29 is 0 Å². The summed E-state index contributed by atoms with van der Waals surface area (Å²) in [6, 6.07) is 3.14. The van der Waals surface area contributed by atoms with Crippen LogP contribution in [0, 0.1) is 23.2 Å². The van der Waals surface area contributed by atoms with Crippen LogP contribution in [0.4, 0.5) is 0 Å². The number of hydrogen-bond acceptors (Lipinski definition) is 2. The molecular weight excluding hydrogens is 208 g/mol. The van der Waals surface area contributed by atoms with Gasteiger partial charge in [-0.1, -0.05) is 26.2 Å². The van der Waals surface area contributed by atoms with Crippen LogP contribution in [0.15, 0.2) is 0 Å². The van der Waals surface area contributed by atoms with Gasteiger partial charge in [-0.2, -0.15) is 5.26 Å². The molecule has 0 bridgehead atoms. The van der Waals surface area contributed by atoms with Gasteiger partial charge >= 0.3 is 0 Å². The van der Waals surface area contributed by atoms with Crippen molar-refractivity contribution in [3.8, 4) is 6.07 Å². The van der Waals surface area contributed by atoms with Gasteiger partial charge in [0.05, 0.1) is 12.0 Å². The fraction of sp³-hybridized carbons (Fsp3) is 0.933. The van der Waals surface area contributed by atoms with E-state index in [1.54, 1.807) is 0 Å². The molecule has 3 unspecified atom stereocenters. The monoisotopic (exact) mass is 234 g/mol. The Morgan fingerprint density at radius 2 is 1.82 bits per heavy atom. The van der Waals surface area contributed by atoms with Crippen molar-refractivity contribution in [1.82, 2.24) is 4.90 Å². The molecule has 3 atom stereocenters. The molecule has 2 nitrogen and oxygen atoms in total. The average molecular weight is 234 g/mol. The van der Waals surface area contributed by atoms with E-state index < -0.39 is 0 Å². The lowest BCUT2D eigenvalue weighted by atomic mass is 9.77. The molecule has 1 aliphatic carbocycles. The first-order valence-corrected chi connectivity index (χ1v) is 7.48. The summed E-state index contributed by atoms with van der Waals surface area (Å²) in [6.45, 7) is 4.77. The minimum absolute atomic E-state index is 0.302. The highest BCUT2D eigenvalue weighted by atomic mass is 15.2. The van der Waals surface area contributed by atoms with E-state index in [1.807, 2.05) is 0 Å². The molecule has 17 heavy (non-hydrogen) atoms. The second-order valence-electron chi connectivity index (χ2n) is 5.84. The normalized spacial score (nSPS) is 36.1. The summed E-state index contributed by atoms with van der Waals surface area (Å²) in [5, 5.41) is 9.34. The van der Waals surface area contributed by atoms with Gasteiger partial charge in [-0.25, -0.2) is 0 Å². The molecule has 0 spiro atoms. The molecule has 2 heteroatoms. The van der Waals surface area contributed by atoms with Crippen molar-refractivity contribution in [1.29, 1.82) is 5.26 Å². The third-order valence-electron chi connectivity index (χ3n) is 4.78. The van der Waals surface area contributed by atoms with Crippen molar-refractivity contribution >= 4 is 0 Å². The maximum Gasteiger partial charge on any atom is 0.0672 e. The maximum atomic E-state index is 9.34. The first-order valence-electron chi connectivity index (χ1n) is 7.48. The van der Waals surface area contributed by atoms with E-state index in [4.69, 9.17) is 0 Å². The Balaban J connectivity index is 2.00. The van der Waals surface area contributed by atoms with Crippen LogP contribution in [-0.4, -0.2) is 24.0 Å². The van der Waals surface area contributed by atoms with Crippen molar-refractivity contribution in [3.05, 3.63) is 0 Å². The Bertz CT molecular complexity index is 261. The highest BCUT2D eigenvalue weighted by Crippen LogP contribution is 2.34. The Labute approximate surface area is 106 Å². The van der Waals surface area contributed by atoms with Crippen LogP contribution in [-0.2, 0) is 0 Å². The summed E-state index contributed by atoms with van der Waals surface area (Å²) < 4.78 is 0. The first-order chi connectivity index (χ1) is 8.35. The standard InChI is InChI=1S/C15H26N2/c1-2-13-7-8-14(12-16)15(11-13)17-9-5-3-4-6-10-17/h13-15H,2-11H2,1H3. The van der Waals surface area contributed by atoms with Crippen molar-refractivity contribution in [2.75, 3.05) is 13.1 Å². The zero-order valence-electron chi connectivity index (χ0n) is 11.2. The lowest BCUT2D eigenvalue weighted by Gasteiger charge is -2.39. The molecule has 0 aromatic heterocycles. The van der Waals surface area contributed by atoms with Gasteiger partial charge in [-0.3, -0.25) is 4.90 Å². The van der Waals surface area contributed by atoms with E-state index in [0.29, 0.717) is 12.0 Å². The summed E-state index contributed by atoms with van der Waals surface area (Å²) in [6.07, 6.45) is 10.4. The Morgan fingerprint density at radius 1 is 1.12 bits per heavy atom. The lowest BCUT2D eigenvalue weighted by Crippen LogP contribution is -2.44. The number of rotatable bonds is 2. The van der Waals surface area contributed by atoms with Gasteiger partial charge < -0.3 is 0 Å². The predicted octanol–water partition coefficient (Wildman–Crippen LogP) is 3.58. The van der Waals surface area contributed by atoms with E-state index >= 15 is 0 Å². The van der Waals surface area contributed by atoms with Gasteiger partial charge in [-0.15, -0.1) is 0 Å². The Morgan fingerprint density at radius 3 is 2.41 bits per heavy atom. The van der Waals surface area contributed by atoms with E-state index in [-0.39, 0.29) is 0 Å². The summed E-state index contributed by atoms with van der Waals surface area (Å²) in [4.78, 5) is 2.64. The zero-order chi connectivity index (χ0) is 12.1.